The molecule has 1 heterocycles. The molecule has 0 atom stereocenters. The van der Waals surface area contributed by atoms with E-state index in [-0.39, 0.29) is 6.42 Å². The van der Waals surface area contributed by atoms with Gasteiger partial charge in [0.05, 0.1) is 17.8 Å². The number of carbonyl (C=O) groups excluding carboxylic acids is 1. The Morgan fingerprint density at radius 3 is 2.60 bits per heavy atom. The average molecular weight is 271 g/mol. The Morgan fingerprint density at radius 2 is 2.05 bits per heavy atom. The summed E-state index contributed by atoms with van der Waals surface area (Å²) in [5, 5.41) is 16.7. The molecule has 0 radical (unpaired) electrons. The van der Waals surface area contributed by atoms with Gasteiger partial charge in [-0.3, -0.25) is 9.59 Å². The molecule has 0 saturated heterocycles. The van der Waals surface area contributed by atoms with Crippen molar-refractivity contribution in [3.8, 4) is 5.69 Å². The highest BCUT2D eigenvalue weighted by Crippen LogP contribution is 2.41. The van der Waals surface area contributed by atoms with E-state index in [1.54, 1.807) is 28.9 Å². The molecular weight excluding hydrogens is 258 g/mol. The van der Waals surface area contributed by atoms with Crippen LogP contribution in [0.15, 0.2) is 24.3 Å². The summed E-state index contributed by atoms with van der Waals surface area (Å²) in [6.07, 6.45) is 2.82. The van der Waals surface area contributed by atoms with E-state index in [0.717, 1.165) is 36.1 Å². The summed E-state index contributed by atoms with van der Waals surface area (Å²) < 4.78 is 1.67. The summed E-state index contributed by atoms with van der Waals surface area (Å²) in [6.45, 7) is 0. The van der Waals surface area contributed by atoms with Crippen LogP contribution in [0.5, 0.6) is 0 Å². The van der Waals surface area contributed by atoms with Gasteiger partial charge < -0.3 is 5.11 Å². The fourth-order valence-electron chi connectivity index (χ4n) is 2.24. The lowest BCUT2D eigenvalue weighted by Gasteiger charge is -2.06. The van der Waals surface area contributed by atoms with Gasteiger partial charge in [0.2, 0.25) is 0 Å². The van der Waals surface area contributed by atoms with Crippen LogP contribution in [0.25, 0.3) is 5.69 Å². The van der Waals surface area contributed by atoms with Crippen LogP contribution in [0.4, 0.5) is 0 Å². The van der Waals surface area contributed by atoms with Crippen LogP contribution in [-0.2, 0) is 11.2 Å². The van der Waals surface area contributed by atoms with Crippen LogP contribution in [0.3, 0.4) is 0 Å². The normalized spacial score (nSPS) is 14.2. The highest BCUT2D eigenvalue weighted by atomic mass is 16.4. The number of hydrogen-bond donors (Lipinski definition) is 1. The van der Waals surface area contributed by atoms with E-state index < -0.39 is 5.97 Å². The van der Waals surface area contributed by atoms with E-state index in [1.165, 1.54) is 0 Å². The molecule has 0 unspecified atom stereocenters. The Morgan fingerprint density at radius 1 is 1.35 bits per heavy atom. The van der Waals surface area contributed by atoms with E-state index in [4.69, 9.17) is 5.11 Å². The van der Waals surface area contributed by atoms with E-state index in [9.17, 15) is 9.59 Å². The Hall–Kier alpha value is -2.50. The van der Waals surface area contributed by atoms with Crippen LogP contribution in [0.2, 0.25) is 0 Å². The molecule has 3 rings (SSSR count). The number of aldehydes is 1. The quantitative estimate of drug-likeness (QED) is 0.834. The van der Waals surface area contributed by atoms with Crippen LogP contribution in [0.1, 0.15) is 40.5 Å². The number of nitrogens with zero attached hydrogens (tertiary/aromatic N) is 3. The van der Waals surface area contributed by atoms with Gasteiger partial charge in [-0.25, -0.2) is 4.68 Å². The first-order valence-corrected chi connectivity index (χ1v) is 6.41. The van der Waals surface area contributed by atoms with Crippen molar-refractivity contribution in [2.45, 2.75) is 25.2 Å². The third-order valence-corrected chi connectivity index (χ3v) is 3.34. The number of hydrogen-bond acceptors (Lipinski definition) is 4. The maximum absolute atomic E-state index is 11.0. The van der Waals surface area contributed by atoms with Gasteiger partial charge >= 0.3 is 5.97 Å². The molecule has 0 aliphatic heterocycles. The summed E-state index contributed by atoms with van der Waals surface area (Å²) in [7, 11) is 0. The van der Waals surface area contributed by atoms with Crippen LogP contribution < -0.4 is 0 Å². The maximum Gasteiger partial charge on any atom is 0.307 e. The van der Waals surface area contributed by atoms with Gasteiger partial charge in [-0.05, 0) is 30.5 Å². The standard InChI is InChI=1S/C14H13N3O3/c18-8-12-14(10-3-4-10)17(16-15-12)11-5-1-9(2-6-11)7-13(19)20/h1-2,5-6,8,10H,3-4,7H2,(H,19,20). The predicted molar refractivity (Wildman–Crippen MR) is 70.1 cm³/mol. The summed E-state index contributed by atoms with van der Waals surface area (Å²) in [5.74, 6) is -0.510. The van der Waals surface area contributed by atoms with Gasteiger partial charge in [-0.1, -0.05) is 17.3 Å². The number of benzene rings is 1. The van der Waals surface area contributed by atoms with Crippen molar-refractivity contribution in [3.63, 3.8) is 0 Å². The molecule has 1 aliphatic rings. The van der Waals surface area contributed by atoms with E-state index >= 15 is 0 Å². The zero-order valence-corrected chi connectivity index (χ0v) is 10.7. The second-order valence-electron chi connectivity index (χ2n) is 4.90. The SMILES string of the molecule is O=Cc1nnn(-c2ccc(CC(=O)O)cc2)c1C1CC1. The van der Waals surface area contributed by atoms with E-state index in [0.29, 0.717) is 11.6 Å². The Labute approximate surface area is 115 Å². The molecule has 2 aromatic rings. The summed E-state index contributed by atoms with van der Waals surface area (Å²) in [5.41, 5.74) is 2.76. The number of carboxylic acids is 1. The lowest BCUT2D eigenvalue weighted by molar-refractivity contribution is -0.136. The van der Waals surface area contributed by atoms with Crippen molar-refractivity contribution in [1.82, 2.24) is 15.0 Å². The second-order valence-corrected chi connectivity index (χ2v) is 4.90. The molecule has 6 nitrogen and oxygen atoms in total. The first-order valence-electron chi connectivity index (χ1n) is 6.41. The number of carboxylic acid groups (broad SMARTS) is 1. The molecule has 20 heavy (non-hydrogen) atoms. The maximum atomic E-state index is 11.0. The molecule has 1 saturated carbocycles. The van der Waals surface area contributed by atoms with E-state index in [2.05, 4.69) is 10.3 Å². The van der Waals surface area contributed by atoms with Crippen LogP contribution >= 0.6 is 0 Å². The number of carbonyl (C=O) groups is 2. The molecular formula is C14H13N3O3. The lowest BCUT2D eigenvalue weighted by Crippen LogP contribution is -2.04. The topological polar surface area (TPSA) is 85.1 Å². The van der Waals surface area contributed by atoms with Crippen molar-refractivity contribution in [2.75, 3.05) is 0 Å². The lowest BCUT2D eigenvalue weighted by atomic mass is 10.1. The monoisotopic (exact) mass is 271 g/mol. The van der Waals surface area contributed by atoms with Crippen molar-refractivity contribution in [1.29, 1.82) is 0 Å². The molecule has 1 aromatic carbocycles. The second kappa shape index (κ2) is 4.88. The Balaban J connectivity index is 1.94. The van der Waals surface area contributed by atoms with Crippen LogP contribution in [0, 0.1) is 0 Å². The number of rotatable bonds is 5. The summed E-state index contributed by atoms with van der Waals surface area (Å²) in [4.78, 5) is 21.6. The van der Waals surface area contributed by atoms with Gasteiger partial charge in [0.15, 0.2) is 6.29 Å². The largest absolute Gasteiger partial charge is 0.481 e. The molecule has 1 fully saturated rings. The van der Waals surface area contributed by atoms with Crippen molar-refractivity contribution in [2.24, 2.45) is 0 Å². The van der Waals surface area contributed by atoms with Gasteiger partial charge in [0, 0.05) is 5.92 Å². The first kappa shape index (κ1) is 12.5. The predicted octanol–water partition coefficient (Wildman–Crippen LogP) is 1.58. The smallest absolute Gasteiger partial charge is 0.307 e. The molecule has 1 aliphatic carbocycles. The number of aromatic nitrogens is 3. The third kappa shape index (κ3) is 2.32. The van der Waals surface area contributed by atoms with Gasteiger partial charge in [0.1, 0.15) is 5.69 Å². The van der Waals surface area contributed by atoms with Crippen molar-refractivity contribution < 1.29 is 14.7 Å². The number of aliphatic carboxylic acids is 1. The Bertz CT molecular complexity index is 657. The highest BCUT2D eigenvalue weighted by molar-refractivity contribution is 5.74. The molecule has 6 heteroatoms. The molecule has 1 N–H and O–H groups in total. The third-order valence-electron chi connectivity index (χ3n) is 3.34. The van der Waals surface area contributed by atoms with E-state index in [1.807, 2.05) is 0 Å². The first-order chi connectivity index (χ1) is 9.69. The highest BCUT2D eigenvalue weighted by Gasteiger charge is 2.31. The Kier molecular flexibility index (Phi) is 3.06. The summed E-state index contributed by atoms with van der Waals surface area (Å²) in [6, 6.07) is 7.10. The minimum Gasteiger partial charge on any atom is -0.481 e. The molecule has 102 valence electrons. The molecule has 0 spiro atoms. The minimum atomic E-state index is -0.861. The fraction of sp³-hybridized carbons (Fsp3) is 0.286. The summed E-state index contributed by atoms with van der Waals surface area (Å²) >= 11 is 0. The van der Waals surface area contributed by atoms with Crippen molar-refractivity contribution >= 4 is 12.3 Å². The van der Waals surface area contributed by atoms with Gasteiger partial charge in [-0.2, -0.15) is 0 Å². The van der Waals surface area contributed by atoms with Gasteiger partial charge in [0.25, 0.3) is 0 Å². The molecule has 1 aromatic heterocycles. The zero-order valence-electron chi connectivity index (χ0n) is 10.7. The van der Waals surface area contributed by atoms with Crippen molar-refractivity contribution in [3.05, 3.63) is 41.2 Å². The average Bonchev–Trinajstić information content (AvgIpc) is 3.18. The molecule has 0 bridgehead atoms. The van der Waals surface area contributed by atoms with Gasteiger partial charge in [-0.15, -0.1) is 5.10 Å². The zero-order chi connectivity index (χ0) is 14.1. The minimum absolute atomic E-state index is 0.00724. The van der Waals surface area contributed by atoms with Crippen LogP contribution in [-0.4, -0.2) is 32.4 Å². The molecule has 0 amide bonds. The fourth-order valence-corrected chi connectivity index (χ4v) is 2.24.